The molecule has 31 heavy (non-hydrogen) atoms. The van der Waals surface area contributed by atoms with E-state index in [9.17, 15) is 9.59 Å². The monoisotopic (exact) mass is 459 g/mol. The van der Waals surface area contributed by atoms with Crippen molar-refractivity contribution in [3.8, 4) is 22.1 Å². The number of methoxy groups -OCH3 is 1. The molecule has 2 amide bonds. The predicted molar refractivity (Wildman–Crippen MR) is 121 cm³/mol. The van der Waals surface area contributed by atoms with Crippen molar-refractivity contribution in [1.82, 2.24) is 15.8 Å². The quantitative estimate of drug-likeness (QED) is 0.524. The zero-order chi connectivity index (χ0) is 22.5. The van der Waals surface area contributed by atoms with Crippen LogP contribution in [-0.2, 0) is 0 Å². The van der Waals surface area contributed by atoms with Crippen LogP contribution in [0.3, 0.4) is 0 Å². The van der Waals surface area contributed by atoms with Gasteiger partial charge in [0.2, 0.25) is 0 Å². The van der Waals surface area contributed by atoms with Crippen LogP contribution in [0.1, 0.15) is 39.6 Å². The average molecular weight is 460 g/mol. The van der Waals surface area contributed by atoms with Crippen LogP contribution in [0.2, 0.25) is 5.02 Å². The summed E-state index contributed by atoms with van der Waals surface area (Å²) in [5.41, 5.74) is 6.60. The first kappa shape index (κ1) is 22.6. The molecule has 0 atom stereocenters. The van der Waals surface area contributed by atoms with Gasteiger partial charge >= 0.3 is 0 Å². The van der Waals surface area contributed by atoms with Gasteiger partial charge in [-0.2, -0.15) is 0 Å². The minimum absolute atomic E-state index is 0.0340. The Morgan fingerprint density at radius 2 is 1.71 bits per heavy atom. The number of amides is 2. The molecule has 9 heteroatoms. The molecule has 1 heterocycles. The molecule has 7 nitrogen and oxygen atoms in total. The maximum Gasteiger partial charge on any atom is 0.281 e. The van der Waals surface area contributed by atoms with Gasteiger partial charge in [0.1, 0.15) is 9.88 Å². The number of ether oxygens (including phenoxy) is 2. The Morgan fingerprint density at radius 3 is 2.35 bits per heavy atom. The zero-order valence-corrected chi connectivity index (χ0v) is 19.1. The van der Waals surface area contributed by atoms with E-state index in [0.29, 0.717) is 37.7 Å². The summed E-state index contributed by atoms with van der Waals surface area (Å²) < 4.78 is 10.9. The minimum atomic E-state index is -0.483. The number of aryl methyl sites for hydroxylation is 1. The molecule has 0 aliphatic carbocycles. The number of benzene rings is 2. The number of carbonyl (C=O) groups is 2. The lowest BCUT2D eigenvalue weighted by molar-refractivity contribution is 0.0848. The summed E-state index contributed by atoms with van der Waals surface area (Å²) >= 11 is 7.15. The molecular formula is C22H22ClN3O4S. The van der Waals surface area contributed by atoms with E-state index in [0.717, 1.165) is 5.56 Å². The van der Waals surface area contributed by atoms with Gasteiger partial charge < -0.3 is 9.47 Å². The predicted octanol–water partition coefficient (Wildman–Crippen LogP) is 4.64. The van der Waals surface area contributed by atoms with Gasteiger partial charge in [-0.1, -0.05) is 23.7 Å². The summed E-state index contributed by atoms with van der Waals surface area (Å²) in [7, 11) is 1.50. The van der Waals surface area contributed by atoms with E-state index >= 15 is 0 Å². The fourth-order valence-corrected chi connectivity index (χ4v) is 3.82. The second-order valence-corrected chi connectivity index (χ2v) is 8.32. The highest BCUT2D eigenvalue weighted by molar-refractivity contribution is 7.17. The number of nitrogens with zero attached hydrogens (tertiary/aromatic N) is 1. The van der Waals surface area contributed by atoms with Crippen LogP contribution in [0.4, 0.5) is 0 Å². The maximum absolute atomic E-state index is 12.6. The van der Waals surface area contributed by atoms with Crippen molar-refractivity contribution in [2.24, 2.45) is 0 Å². The minimum Gasteiger partial charge on any atom is -0.493 e. The summed E-state index contributed by atoms with van der Waals surface area (Å²) in [4.78, 5) is 29.9. The van der Waals surface area contributed by atoms with Gasteiger partial charge in [0, 0.05) is 16.1 Å². The Morgan fingerprint density at radius 1 is 1.03 bits per heavy atom. The van der Waals surface area contributed by atoms with E-state index in [2.05, 4.69) is 15.8 Å². The summed E-state index contributed by atoms with van der Waals surface area (Å²) in [5, 5.41) is 1.31. The smallest absolute Gasteiger partial charge is 0.281 e. The molecule has 3 aromatic rings. The molecule has 0 spiro atoms. The van der Waals surface area contributed by atoms with Crippen molar-refractivity contribution >= 4 is 34.8 Å². The molecule has 0 unspecified atom stereocenters. The lowest BCUT2D eigenvalue weighted by atomic mass is 10.2. The zero-order valence-electron chi connectivity index (χ0n) is 17.5. The number of carbonyl (C=O) groups excluding carboxylic acids is 2. The van der Waals surface area contributed by atoms with Gasteiger partial charge in [0.15, 0.2) is 11.5 Å². The van der Waals surface area contributed by atoms with Gasteiger partial charge in [0.25, 0.3) is 11.8 Å². The van der Waals surface area contributed by atoms with Crippen molar-refractivity contribution in [3.63, 3.8) is 0 Å². The Labute approximate surface area is 189 Å². The van der Waals surface area contributed by atoms with Gasteiger partial charge in [-0.25, -0.2) is 4.98 Å². The fraction of sp³-hybridized carbons (Fsp3) is 0.227. The first-order chi connectivity index (χ1) is 14.8. The third-order valence-electron chi connectivity index (χ3n) is 4.17. The molecule has 0 aliphatic rings. The number of hydrogen-bond donors (Lipinski definition) is 2. The Bertz CT molecular complexity index is 1100. The van der Waals surface area contributed by atoms with Crippen molar-refractivity contribution in [2.75, 3.05) is 7.11 Å². The number of aromatic nitrogens is 1. The Balaban J connectivity index is 1.68. The lowest BCUT2D eigenvalue weighted by Crippen LogP contribution is -2.41. The third kappa shape index (κ3) is 5.53. The summed E-state index contributed by atoms with van der Waals surface area (Å²) in [6.07, 6.45) is -0.0340. The molecule has 0 fully saturated rings. The summed E-state index contributed by atoms with van der Waals surface area (Å²) in [6, 6.07) is 12.0. The number of rotatable bonds is 6. The van der Waals surface area contributed by atoms with Gasteiger partial charge in [0.05, 0.1) is 18.9 Å². The van der Waals surface area contributed by atoms with Crippen LogP contribution >= 0.6 is 22.9 Å². The average Bonchev–Trinajstić information content (AvgIpc) is 3.13. The molecule has 0 saturated carbocycles. The maximum atomic E-state index is 12.6. The topological polar surface area (TPSA) is 89.6 Å². The molecule has 0 radical (unpaired) electrons. The Kier molecular flexibility index (Phi) is 7.14. The molecule has 0 aliphatic heterocycles. The van der Waals surface area contributed by atoms with Crippen LogP contribution < -0.4 is 20.3 Å². The second kappa shape index (κ2) is 9.80. The highest BCUT2D eigenvalue weighted by Crippen LogP contribution is 2.30. The van der Waals surface area contributed by atoms with Crippen molar-refractivity contribution in [2.45, 2.75) is 26.9 Å². The Hall–Kier alpha value is -3.10. The summed E-state index contributed by atoms with van der Waals surface area (Å²) in [5.74, 6) is 0.0322. The molecule has 3 rings (SSSR count). The lowest BCUT2D eigenvalue weighted by Gasteiger charge is -2.14. The van der Waals surface area contributed by atoms with Crippen LogP contribution in [0, 0.1) is 6.92 Å². The first-order valence-corrected chi connectivity index (χ1v) is 10.7. The third-order valence-corrected chi connectivity index (χ3v) is 5.63. The van der Waals surface area contributed by atoms with E-state index in [1.807, 2.05) is 26.0 Å². The molecule has 0 bridgehead atoms. The number of halogens is 1. The SMILES string of the molecule is COc1cc(C(=O)NNC(=O)c2sc(-c3ccc(Cl)cc3)nc2C)ccc1OC(C)C. The highest BCUT2D eigenvalue weighted by Gasteiger charge is 2.18. The number of hydrazine groups is 1. The van der Waals surface area contributed by atoms with Crippen LogP contribution in [-0.4, -0.2) is 30.0 Å². The molecule has 2 N–H and O–H groups in total. The molecular weight excluding hydrogens is 438 g/mol. The first-order valence-electron chi connectivity index (χ1n) is 9.47. The molecule has 1 aromatic heterocycles. The summed E-state index contributed by atoms with van der Waals surface area (Å²) in [6.45, 7) is 5.54. The second-order valence-electron chi connectivity index (χ2n) is 6.88. The van der Waals surface area contributed by atoms with E-state index in [4.69, 9.17) is 21.1 Å². The van der Waals surface area contributed by atoms with E-state index in [1.165, 1.54) is 18.4 Å². The number of thiazole rings is 1. The van der Waals surface area contributed by atoms with Crippen molar-refractivity contribution < 1.29 is 19.1 Å². The van der Waals surface area contributed by atoms with Gasteiger partial charge in [-0.3, -0.25) is 20.4 Å². The van der Waals surface area contributed by atoms with E-state index in [1.54, 1.807) is 37.3 Å². The number of hydrogen-bond acceptors (Lipinski definition) is 6. The van der Waals surface area contributed by atoms with E-state index < -0.39 is 11.8 Å². The van der Waals surface area contributed by atoms with E-state index in [-0.39, 0.29) is 6.10 Å². The van der Waals surface area contributed by atoms with Crippen molar-refractivity contribution in [1.29, 1.82) is 0 Å². The van der Waals surface area contributed by atoms with Crippen LogP contribution in [0.15, 0.2) is 42.5 Å². The standard InChI is InChI=1S/C22H22ClN3O4S/c1-12(2)30-17-10-7-15(11-18(17)29-4)20(27)25-26-21(28)19-13(3)24-22(31-19)14-5-8-16(23)9-6-14/h5-12H,1-4H3,(H,25,27)(H,26,28). The van der Waals surface area contributed by atoms with Gasteiger partial charge in [-0.15, -0.1) is 11.3 Å². The molecule has 162 valence electrons. The van der Waals surface area contributed by atoms with Crippen LogP contribution in [0.5, 0.6) is 11.5 Å². The fourth-order valence-electron chi connectivity index (χ4n) is 2.73. The normalized spacial score (nSPS) is 10.6. The number of nitrogens with one attached hydrogen (secondary N) is 2. The molecule has 0 saturated heterocycles. The van der Waals surface area contributed by atoms with Gasteiger partial charge in [-0.05, 0) is 51.1 Å². The highest BCUT2D eigenvalue weighted by atomic mass is 35.5. The molecule has 2 aromatic carbocycles. The van der Waals surface area contributed by atoms with Crippen molar-refractivity contribution in [3.05, 3.63) is 63.6 Å². The largest absolute Gasteiger partial charge is 0.493 e. The van der Waals surface area contributed by atoms with Crippen LogP contribution in [0.25, 0.3) is 10.6 Å².